The molecule has 1 aliphatic carbocycles. The third-order valence-corrected chi connectivity index (χ3v) is 2.83. The van der Waals surface area contributed by atoms with E-state index in [1.807, 2.05) is 0 Å². The highest BCUT2D eigenvalue weighted by molar-refractivity contribution is 5.35. The van der Waals surface area contributed by atoms with Gasteiger partial charge in [0.05, 0.1) is 6.20 Å². The Hall–Kier alpha value is -1.19. The molecule has 15 heavy (non-hydrogen) atoms. The van der Waals surface area contributed by atoms with Crippen molar-refractivity contribution >= 4 is 5.82 Å². The van der Waals surface area contributed by atoms with Crippen LogP contribution >= 0.6 is 0 Å². The molecular formula is C11H14F2N2. The molecule has 0 aliphatic heterocycles. The van der Waals surface area contributed by atoms with E-state index in [9.17, 15) is 8.78 Å². The van der Waals surface area contributed by atoms with E-state index in [1.165, 1.54) is 12.8 Å². The van der Waals surface area contributed by atoms with Gasteiger partial charge in [0, 0.05) is 12.6 Å². The minimum atomic E-state index is -0.645. The summed E-state index contributed by atoms with van der Waals surface area (Å²) in [5.41, 5.74) is 0. The molecule has 0 saturated heterocycles. The monoisotopic (exact) mass is 212 g/mol. The van der Waals surface area contributed by atoms with Crippen LogP contribution in [0, 0.1) is 23.5 Å². The lowest BCUT2D eigenvalue weighted by molar-refractivity contribution is 0.530. The van der Waals surface area contributed by atoms with Crippen LogP contribution in [0.4, 0.5) is 14.6 Å². The van der Waals surface area contributed by atoms with Gasteiger partial charge in [-0.3, -0.25) is 0 Å². The van der Waals surface area contributed by atoms with Crippen LogP contribution in [0.2, 0.25) is 0 Å². The van der Waals surface area contributed by atoms with Crippen LogP contribution in [-0.4, -0.2) is 11.5 Å². The maximum absolute atomic E-state index is 13.2. The first kappa shape index (κ1) is 10.3. The summed E-state index contributed by atoms with van der Waals surface area (Å²) < 4.78 is 25.7. The fourth-order valence-electron chi connectivity index (χ4n) is 1.63. The molecule has 2 rings (SSSR count). The zero-order chi connectivity index (χ0) is 10.8. The molecule has 1 heterocycles. The van der Waals surface area contributed by atoms with Crippen LogP contribution in [0.1, 0.15) is 19.8 Å². The van der Waals surface area contributed by atoms with Crippen molar-refractivity contribution in [2.75, 3.05) is 11.9 Å². The summed E-state index contributed by atoms with van der Waals surface area (Å²) in [6.45, 7) is 2.83. The van der Waals surface area contributed by atoms with E-state index in [-0.39, 0.29) is 5.82 Å². The highest BCUT2D eigenvalue weighted by atomic mass is 19.1. The molecule has 0 bridgehead atoms. The second-order valence-electron chi connectivity index (χ2n) is 4.18. The van der Waals surface area contributed by atoms with E-state index >= 15 is 0 Å². The molecule has 0 spiro atoms. The van der Waals surface area contributed by atoms with E-state index in [4.69, 9.17) is 0 Å². The van der Waals surface area contributed by atoms with Gasteiger partial charge in [-0.1, -0.05) is 6.92 Å². The molecule has 0 amide bonds. The molecular weight excluding hydrogens is 198 g/mol. The Bertz CT molecular complexity index is 350. The lowest BCUT2D eigenvalue weighted by Gasteiger charge is -2.12. The summed E-state index contributed by atoms with van der Waals surface area (Å²) in [6, 6.07) is 0.844. The molecule has 1 unspecified atom stereocenters. The lowest BCUT2D eigenvalue weighted by Crippen LogP contribution is -2.14. The van der Waals surface area contributed by atoms with Crippen LogP contribution < -0.4 is 5.32 Å². The highest BCUT2D eigenvalue weighted by Gasteiger charge is 2.27. The van der Waals surface area contributed by atoms with Crippen LogP contribution in [-0.2, 0) is 0 Å². The quantitative estimate of drug-likeness (QED) is 0.830. The van der Waals surface area contributed by atoms with Crippen molar-refractivity contribution in [2.45, 2.75) is 19.8 Å². The number of anilines is 1. The van der Waals surface area contributed by atoms with Gasteiger partial charge in [0.15, 0.2) is 11.6 Å². The molecule has 1 N–H and O–H groups in total. The Kier molecular flexibility index (Phi) is 2.84. The normalized spacial score (nSPS) is 17.5. The number of pyridine rings is 1. The van der Waals surface area contributed by atoms with Crippen molar-refractivity contribution in [1.82, 2.24) is 4.98 Å². The standard InChI is InChI=1S/C11H14F2N2/c1-7(8-2-3-8)5-14-11-10(13)4-9(12)6-15-11/h4,6-8H,2-3,5H2,1H3,(H,14,15). The van der Waals surface area contributed by atoms with Gasteiger partial charge in [0.1, 0.15) is 5.82 Å². The minimum absolute atomic E-state index is 0.143. The summed E-state index contributed by atoms with van der Waals surface area (Å²) in [6.07, 6.45) is 3.55. The average Bonchev–Trinajstić information content (AvgIpc) is 2.99. The molecule has 1 saturated carbocycles. The number of aromatic nitrogens is 1. The molecule has 2 nitrogen and oxygen atoms in total. The van der Waals surface area contributed by atoms with Gasteiger partial charge >= 0.3 is 0 Å². The molecule has 1 aromatic heterocycles. The smallest absolute Gasteiger partial charge is 0.168 e. The van der Waals surface area contributed by atoms with Crippen LogP contribution in [0.3, 0.4) is 0 Å². The molecule has 1 fully saturated rings. The third kappa shape index (κ3) is 2.64. The predicted octanol–water partition coefficient (Wildman–Crippen LogP) is 2.82. The van der Waals surface area contributed by atoms with E-state index in [2.05, 4.69) is 17.2 Å². The Morgan fingerprint density at radius 3 is 2.87 bits per heavy atom. The average molecular weight is 212 g/mol. The topological polar surface area (TPSA) is 24.9 Å². The number of nitrogens with one attached hydrogen (secondary N) is 1. The number of hydrogen-bond acceptors (Lipinski definition) is 2. The van der Waals surface area contributed by atoms with Gasteiger partial charge in [0.25, 0.3) is 0 Å². The maximum Gasteiger partial charge on any atom is 0.168 e. The number of rotatable bonds is 4. The molecule has 4 heteroatoms. The largest absolute Gasteiger partial charge is 0.367 e. The van der Waals surface area contributed by atoms with Crippen molar-refractivity contribution in [3.05, 3.63) is 23.9 Å². The molecule has 1 atom stereocenters. The van der Waals surface area contributed by atoms with Crippen LogP contribution in [0.5, 0.6) is 0 Å². The summed E-state index contributed by atoms with van der Waals surface area (Å²) in [5, 5.41) is 2.91. The van der Waals surface area contributed by atoms with E-state index in [0.717, 1.165) is 18.2 Å². The zero-order valence-electron chi connectivity index (χ0n) is 8.63. The number of halogens is 2. The SMILES string of the molecule is CC(CNc1ncc(F)cc1F)C1CC1. The fourth-order valence-corrected chi connectivity index (χ4v) is 1.63. The van der Waals surface area contributed by atoms with Gasteiger partial charge < -0.3 is 5.32 Å². The molecule has 1 aromatic rings. The van der Waals surface area contributed by atoms with Gasteiger partial charge in [0.2, 0.25) is 0 Å². The van der Waals surface area contributed by atoms with E-state index < -0.39 is 11.6 Å². The first-order valence-electron chi connectivity index (χ1n) is 5.21. The maximum atomic E-state index is 13.2. The summed E-state index contributed by atoms with van der Waals surface area (Å²) in [7, 11) is 0. The minimum Gasteiger partial charge on any atom is -0.367 e. The molecule has 0 radical (unpaired) electrons. The fraction of sp³-hybridized carbons (Fsp3) is 0.545. The molecule has 0 aromatic carbocycles. The van der Waals surface area contributed by atoms with Crippen LogP contribution in [0.25, 0.3) is 0 Å². The number of nitrogens with zero attached hydrogens (tertiary/aromatic N) is 1. The van der Waals surface area contributed by atoms with Crippen molar-refractivity contribution in [1.29, 1.82) is 0 Å². The predicted molar refractivity (Wildman–Crippen MR) is 54.5 cm³/mol. The van der Waals surface area contributed by atoms with Crippen LogP contribution in [0.15, 0.2) is 12.3 Å². The number of hydrogen-bond donors (Lipinski definition) is 1. The van der Waals surface area contributed by atoms with Crippen molar-refractivity contribution in [3.63, 3.8) is 0 Å². The van der Waals surface area contributed by atoms with Crippen molar-refractivity contribution < 1.29 is 8.78 Å². The van der Waals surface area contributed by atoms with Crippen molar-refractivity contribution in [3.8, 4) is 0 Å². The second kappa shape index (κ2) is 4.13. The molecule has 82 valence electrons. The molecule has 1 aliphatic rings. The van der Waals surface area contributed by atoms with Gasteiger partial charge in [-0.05, 0) is 24.7 Å². The van der Waals surface area contributed by atoms with E-state index in [1.54, 1.807) is 0 Å². The van der Waals surface area contributed by atoms with Gasteiger partial charge in [-0.2, -0.15) is 0 Å². The second-order valence-corrected chi connectivity index (χ2v) is 4.18. The first-order valence-corrected chi connectivity index (χ1v) is 5.21. The zero-order valence-corrected chi connectivity index (χ0v) is 8.63. The summed E-state index contributed by atoms with van der Waals surface area (Å²) in [5.74, 6) is 0.160. The van der Waals surface area contributed by atoms with E-state index in [0.29, 0.717) is 12.5 Å². The lowest BCUT2D eigenvalue weighted by atomic mass is 10.1. The van der Waals surface area contributed by atoms with Crippen molar-refractivity contribution in [2.24, 2.45) is 11.8 Å². The first-order chi connectivity index (χ1) is 7.16. The summed E-state index contributed by atoms with van der Waals surface area (Å²) >= 11 is 0. The Balaban J connectivity index is 1.92. The Morgan fingerprint density at radius 1 is 1.53 bits per heavy atom. The Morgan fingerprint density at radius 2 is 2.27 bits per heavy atom. The highest BCUT2D eigenvalue weighted by Crippen LogP contribution is 2.36. The summed E-state index contributed by atoms with van der Waals surface area (Å²) in [4.78, 5) is 3.67. The van der Waals surface area contributed by atoms with Gasteiger partial charge in [-0.25, -0.2) is 13.8 Å². The van der Waals surface area contributed by atoms with Gasteiger partial charge in [-0.15, -0.1) is 0 Å². The third-order valence-electron chi connectivity index (χ3n) is 2.83. The Labute approximate surface area is 87.7 Å².